The van der Waals surface area contributed by atoms with E-state index in [1.54, 1.807) is 0 Å². The van der Waals surface area contributed by atoms with Gasteiger partial charge in [0.15, 0.2) is 5.82 Å². The van der Waals surface area contributed by atoms with Gasteiger partial charge in [-0.1, -0.05) is 13.8 Å². The zero-order chi connectivity index (χ0) is 20.5. The first-order chi connectivity index (χ1) is 13.2. The maximum atomic E-state index is 12.8. The lowest BCUT2D eigenvalue weighted by atomic mass is 10.0. The van der Waals surface area contributed by atoms with Gasteiger partial charge in [0.1, 0.15) is 0 Å². The topological polar surface area (TPSA) is 69.0 Å². The third kappa shape index (κ3) is 4.19. The molecule has 3 rings (SSSR count). The minimum absolute atomic E-state index is 0.0157. The molecule has 2 unspecified atom stereocenters. The minimum Gasteiger partial charge on any atom is -0.376 e. The fourth-order valence-electron chi connectivity index (χ4n) is 3.32. The Hall–Kier alpha value is -2.42. The third-order valence-electron chi connectivity index (χ3n) is 4.77. The molecule has 1 fully saturated rings. The second kappa shape index (κ2) is 7.90. The predicted octanol–water partition coefficient (Wildman–Crippen LogP) is 3.71. The van der Waals surface area contributed by atoms with Crippen LogP contribution < -0.4 is 5.32 Å². The summed E-state index contributed by atoms with van der Waals surface area (Å²) in [5.74, 6) is -0.154. The van der Waals surface area contributed by atoms with E-state index < -0.39 is 11.7 Å². The highest BCUT2D eigenvalue weighted by atomic mass is 19.4. The van der Waals surface area contributed by atoms with Gasteiger partial charge in [0.05, 0.1) is 35.2 Å². The molecule has 2 aromatic heterocycles. The monoisotopic (exact) mass is 396 g/mol. The number of carbonyl (C=O) groups excluding carboxylic acids is 1. The van der Waals surface area contributed by atoms with Crippen LogP contribution in [0.15, 0.2) is 24.5 Å². The Labute approximate surface area is 161 Å². The number of alkyl halides is 3. The van der Waals surface area contributed by atoms with Gasteiger partial charge in [0.25, 0.3) is 5.91 Å². The van der Waals surface area contributed by atoms with Crippen molar-refractivity contribution in [2.45, 2.75) is 57.9 Å². The lowest BCUT2D eigenvalue weighted by molar-refractivity contribution is -0.137. The number of nitrogens with one attached hydrogen (secondary N) is 1. The molecule has 28 heavy (non-hydrogen) atoms. The lowest BCUT2D eigenvalue weighted by Crippen LogP contribution is -2.41. The van der Waals surface area contributed by atoms with Crippen molar-refractivity contribution in [3.8, 4) is 5.82 Å². The van der Waals surface area contributed by atoms with E-state index in [1.165, 1.54) is 16.9 Å². The number of halogens is 3. The summed E-state index contributed by atoms with van der Waals surface area (Å²) in [4.78, 5) is 16.7. The number of hydrogen-bond acceptors (Lipinski definition) is 4. The van der Waals surface area contributed by atoms with Crippen molar-refractivity contribution in [1.82, 2.24) is 20.1 Å². The Morgan fingerprint density at radius 2 is 2.04 bits per heavy atom. The second-order valence-corrected chi connectivity index (χ2v) is 7.23. The highest BCUT2D eigenvalue weighted by Crippen LogP contribution is 2.29. The van der Waals surface area contributed by atoms with Gasteiger partial charge in [0.2, 0.25) is 0 Å². The second-order valence-electron chi connectivity index (χ2n) is 7.23. The van der Waals surface area contributed by atoms with E-state index in [9.17, 15) is 18.0 Å². The lowest BCUT2D eigenvalue weighted by Gasteiger charge is -2.20. The van der Waals surface area contributed by atoms with Crippen molar-refractivity contribution < 1.29 is 22.7 Å². The van der Waals surface area contributed by atoms with Gasteiger partial charge in [0, 0.05) is 12.8 Å². The summed E-state index contributed by atoms with van der Waals surface area (Å²) >= 11 is 0. The molecule has 0 saturated carbocycles. The molecule has 1 saturated heterocycles. The molecule has 0 radical (unpaired) electrons. The average molecular weight is 396 g/mol. The van der Waals surface area contributed by atoms with Crippen LogP contribution >= 0.6 is 0 Å². The Morgan fingerprint density at radius 3 is 2.57 bits per heavy atom. The molecule has 2 atom stereocenters. The van der Waals surface area contributed by atoms with Crippen molar-refractivity contribution in [3.63, 3.8) is 0 Å². The fourth-order valence-corrected chi connectivity index (χ4v) is 3.32. The average Bonchev–Trinajstić information content (AvgIpc) is 3.31. The number of hydrogen-bond donors (Lipinski definition) is 1. The summed E-state index contributed by atoms with van der Waals surface area (Å²) in [6, 6.07) is 2.05. The van der Waals surface area contributed by atoms with E-state index in [-0.39, 0.29) is 29.8 Å². The van der Waals surface area contributed by atoms with Crippen molar-refractivity contribution >= 4 is 5.91 Å². The van der Waals surface area contributed by atoms with Gasteiger partial charge >= 0.3 is 6.18 Å². The summed E-state index contributed by atoms with van der Waals surface area (Å²) in [5, 5.41) is 7.15. The molecule has 2 aromatic rings. The Balaban J connectivity index is 1.86. The van der Waals surface area contributed by atoms with Gasteiger partial charge in [-0.3, -0.25) is 4.79 Å². The molecule has 0 spiro atoms. The maximum Gasteiger partial charge on any atom is 0.417 e. The molecule has 9 heteroatoms. The summed E-state index contributed by atoms with van der Waals surface area (Å²) in [6.45, 7) is 6.36. The summed E-state index contributed by atoms with van der Waals surface area (Å²) in [5.41, 5.74) is 0.128. The molecular weight excluding hydrogens is 373 g/mol. The zero-order valence-corrected chi connectivity index (χ0v) is 16.0. The van der Waals surface area contributed by atoms with E-state index in [2.05, 4.69) is 15.4 Å². The standard InChI is InChI=1S/C19H23F3N4O2/c1-11(2)17-14(18(27)25-12(3)15-5-4-8-28-15)10-24-26(17)16-7-6-13(9-23-16)19(20,21)22/h6-7,9-12,15H,4-5,8H2,1-3H3,(H,25,27). The molecule has 1 amide bonds. The first-order valence-corrected chi connectivity index (χ1v) is 9.22. The Morgan fingerprint density at radius 1 is 1.29 bits per heavy atom. The van der Waals surface area contributed by atoms with Crippen LogP contribution in [-0.2, 0) is 10.9 Å². The molecule has 1 aliphatic heterocycles. The normalized spacial score (nSPS) is 18.5. The molecule has 152 valence electrons. The predicted molar refractivity (Wildman–Crippen MR) is 96.4 cm³/mol. The highest BCUT2D eigenvalue weighted by molar-refractivity contribution is 5.95. The van der Waals surface area contributed by atoms with Crippen LogP contribution in [0.1, 0.15) is 61.1 Å². The molecule has 1 aliphatic rings. The first kappa shape index (κ1) is 20.3. The van der Waals surface area contributed by atoms with Crippen LogP contribution in [0.4, 0.5) is 13.2 Å². The highest BCUT2D eigenvalue weighted by Gasteiger charge is 2.31. The van der Waals surface area contributed by atoms with Crippen molar-refractivity contribution in [1.29, 1.82) is 0 Å². The van der Waals surface area contributed by atoms with E-state index in [1.807, 2.05) is 20.8 Å². The number of amides is 1. The summed E-state index contributed by atoms with van der Waals surface area (Å²) in [7, 11) is 0. The third-order valence-corrected chi connectivity index (χ3v) is 4.77. The molecule has 1 N–H and O–H groups in total. The van der Waals surface area contributed by atoms with Gasteiger partial charge in [-0.05, 0) is 37.8 Å². The van der Waals surface area contributed by atoms with Crippen LogP contribution in [0.5, 0.6) is 0 Å². The van der Waals surface area contributed by atoms with Crippen molar-refractivity contribution in [3.05, 3.63) is 41.3 Å². The van der Waals surface area contributed by atoms with Crippen molar-refractivity contribution in [2.24, 2.45) is 0 Å². The molecular formula is C19H23F3N4O2. The van der Waals surface area contributed by atoms with E-state index >= 15 is 0 Å². The number of ether oxygens (including phenoxy) is 1. The van der Waals surface area contributed by atoms with E-state index in [0.29, 0.717) is 17.9 Å². The smallest absolute Gasteiger partial charge is 0.376 e. The van der Waals surface area contributed by atoms with Gasteiger partial charge in [-0.25, -0.2) is 9.67 Å². The molecule has 0 aliphatic carbocycles. The zero-order valence-electron chi connectivity index (χ0n) is 16.0. The van der Waals surface area contributed by atoms with Gasteiger partial charge < -0.3 is 10.1 Å². The van der Waals surface area contributed by atoms with Crippen molar-refractivity contribution in [2.75, 3.05) is 6.61 Å². The minimum atomic E-state index is -4.46. The first-order valence-electron chi connectivity index (χ1n) is 9.22. The molecule has 0 aromatic carbocycles. The number of pyridine rings is 1. The maximum absolute atomic E-state index is 12.8. The van der Waals surface area contributed by atoms with Gasteiger partial charge in [-0.15, -0.1) is 0 Å². The SMILES string of the molecule is CC(C)c1c(C(=O)NC(C)C2CCCO2)cnn1-c1ccc(C(F)(F)F)cn1. The Kier molecular flexibility index (Phi) is 5.74. The van der Waals surface area contributed by atoms with Crippen LogP contribution in [0, 0.1) is 0 Å². The number of carbonyl (C=O) groups is 1. The quantitative estimate of drug-likeness (QED) is 0.837. The van der Waals surface area contributed by atoms with E-state index in [4.69, 9.17) is 4.74 Å². The number of nitrogens with zero attached hydrogens (tertiary/aromatic N) is 3. The van der Waals surface area contributed by atoms with E-state index in [0.717, 1.165) is 25.1 Å². The van der Waals surface area contributed by atoms with Crippen LogP contribution in [0.3, 0.4) is 0 Å². The van der Waals surface area contributed by atoms with Crippen LogP contribution in [-0.4, -0.2) is 39.4 Å². The number of aromatic nitrogens is 3. The summed E-state index contributed by atoms with van der Waals surface area (Å²) in [6.07, 6.45) is -0.419. The molecule has 6 nitrogen and oxygen atoms in total. The largest absolute Gasteiger partial charge is 0.417 e. The molecule has 3 heterocycles. The fraction of sp³-hybridized carbons (Fsp3) is 0.526. The van der Waals surface area contributed by atoms with Gasteiger partial charge in [-0.2, -0.15) is 18.3 Å². The van der Waals surface area contributed by atoms with Crippen LogP contribution in [0.25, 0.3) is 5.82 Å². The Bertz CT molecular complexity index is 825. The van der Waals surface area contributed by atoms with Crippen LogP contribution in [0.2, 0.25) is 0 Å². The summed E-state index contributed by atoms with van der Waals surface area (Å²) < 4.78 is 45.3. The number of rotatable bonds is 5. The molecule has 0 bridgehead atoms.